The lowest BCUT2D eigenvalue weighted by Crippen LogP contribution is -2.40. The molecule has 84 valence electrons. The lowest BCUT2D eigenvalue weighted by Gasteiger charge is -2.34. The molecule has 0 saturated carbocycles. The molecule has 3 rings (SSSR count). The van der Waals surface area contributed by atoms with Crippen LogP contribution in [0.25, 0.3) is 0 Å². The molecule has 2 heterocycles. The Morgan fingerprint density at radius 2 is 2.40 bits per heavy atom. The molecule has 0 amide bonds. The van der Waals surface area contributed by atoms with Crippen LogP contribution >= 0.6 is 0 Å². The minimum atomic E-state index is -0.457. The van der Waals surface area contributed by atoms with Crippen molar-refractivity contribution in [3.05, 3.63) is 11.6 Å². The molecule has 3 atom stereocenters. The van der Waals surface area contributed by atoms with Gasteiger partial charge in [0.1, 0.15) is 5.60 Å². The maximum Gasteiger partial charge on any atom is 0.169 e. The van der Waals surface area contributed by atoms with E-state index in [9.17, 15) is 0 Å². The van der Waals surface area contributed by atoms with Crippen molar-refractivity contribution in [2.45, 2.75) is 50.1 Å². The number of ether oxygens (including phenoxy) is 3. The van der Waals surface area contributed by atoms with Crippen molar-refractivity contribution in [3.8, 4) is 0 Å². The normalized spacial score (nSPS) is 48.7. The van der Waals surface area contributed by atoms with Gasteiger partial charge in [0.15, 0.2) is 5.79 Å². The molecule has 2 saturated heterocycles. The predicted molar refractivity (Wildman–Crippen MR) is 55.5 cm³/mol. The number of methoxy groups -OCH3 is 1. The first kappa shape index (κ1) is 9.82. The van der Waals surface area contributed by atoms with Crippen molar-refractivity contribution in [2.24, 2.45) is 0 Å². The second kappa shape index (κ2) is 3.06. The Labute approximate surface area is 90.4 Å². The van der Waals surface area contributed by atoms with Crippen LogP contribution in [-0.4, -0.2) is 31.2 Å². The SMILES string of the molecule is CO[C@]1(C)CC2OCC3=CCCC[C@]32O1. The van der Waals surface area contributed by atoms with Crippen LogP contribution < -0.4 is 0 Å². The van der Waals surface area contributed by atoms with E-state index in [1.165, 1.54) is 18.4 Å². The molecule has 15 heavy (non-hydrogen) atoms. The summed E-state index contributed by atoms with van der Waals surface area (Å²) in [7, 11) is 1.71. The van der Waals surface area contributed by atoms with Gasteiger partial charge in [0.05, 0.1) is 12.7 Å². The van der Waals surface area contributed by atoms with Crippen LogP contribution in [0.4, 0.5) is 0 Å². The molecule has 3 nitrogen and oxygen atoms in total. The van der Waals surface area contributed by atoms with E-state index >= 15 is 0 Å². The van der Waals surface area contributed by atoms with Crippen LogP contribution in [0, 0.1) is 0 Å². The zero-order valence-corrected chi connectivity index (χ0v) is 9.41. The third-order valence-corrected chi connectivity index (χ3v) is 4.03. The van der Waals surface area contributed by atoms with Crippen LogP contribution in [-0.2, 0) is 14.2 Å². The highest BCUT2D eigenvalue weighted by Gasteiger charge is 2.60. The van der Waals surface area contributed by atoms with Crippen LogP contribution in [0.1, 0.15) is 32.6 Å². The average Bonchev–Trinajstić information content (AvgIpc) is 2.69. The summed E-state index contributed by atoms with van der Waals surface area (Å²) < 4.78 is 17.5. The molecule has 1 unspecified atom stereocenters. The van der Waals surface area contributed by atoms with E-state index in [-0.39, 0.29) is 11.7 Å². The van der Waals surface area contributed by atoms with Crippen LogP contribution in [0.15, 0.2) is 11.6 Å². The average molecular weight is 210 g/mol. The zero-order chi connectivity index (χ0) is 10.5. The van der Waals surface area contributed by atoms with Gasteiger partial charge >= 0.3 is 0 Å². The van der Waals surface area contributed by atoms with Gasteiger partial charge in [-0.15, -0.1) is 0 Å². The quantitative estimate of drug-likeness (QED) is 0.620. The van der Waals surface area contributed by atoms with E-state index in [2.05, 4.69) is 6.08 Å². The highest BCUT2D eigenvalue weighted by molar-refractivity contribution is 5.29. The molecule has 0 aromatic carbocycles. The molecule has 0 bridgehead atoms. The van der Waals surface area contributed by atoms with Crippen molar-refractivity contribution < 1.29 is 14.2 Å². The van der Waals surface area contributed by atoms with E-state index in [0.29, 0.717) is 0 Å². The monoisotopic (exact) mass is 210 g/mol. The lowest BCUT2D eigenvalue weighted by atomic mass is 9.81. The third kappa shape index (κ3) is 1.23. The van der Waals surface area contributed by atoms with E-state index in [1.54, 1.807) is 7.11 Å². The van der Waals surface area contributed by atoms with Gasteiger partial charge in [0.2, 0.25) is 0 Å². The van der Waals surface area contributed by atoms with Gasteiger partial charge in [-0.05, 0) is 31.8 Å². The van der Waals surface area contributed by atoms with Gasteiger partial charge < -0.3 is 14.2 Å². The van der Waals surface area contributed by atoms with Crippen LogP contribution in [0.3, 0.4) is 0 Å². The molecule has 0 N–H and O–H groups in total. The highest BCUT2D eigenvalue weighted by Crippen LogP contribution is 2.52. The first-order valence-electron chi connectivity index (χ1n) is 5.75. The molecule has 0 aromatic heterocycles. The molecular formula is C12H18O3. The van der Waals surface area contributed by atoms with Crippen molar-refractivity contribution in [2.75, 3.05) is 13.7 Å². The topological polar surface area (TPSA) is 27.7 Å². The van der Waals surface area contributed by atoms with Gasteiger partial charge in [-0.3, -0.25) is 0 Å². The largest absolute Gasteiger partial charge is 0.370 e. The first-order valence-corrected chi connectivity index (χ1v) is 5.75. The smallest absolute Gasteiger partial charge is 0.169 e. The third-order valence-electron chi connectivity index (χ3n) is 4.03. The van der Waals surface area contributed by atoms with Crippen molar-refractivity contribution >= 4 is 0 Å². The molecule has 2 aliphatic heterocycles. The fourth-order valence-corrected chi connectivity index (χ4v) is 3.14. The zero-order valence-electron chi connectivity index (χ0n) is 9.41. The van der Waals surface area contributed by atoms with Gasteiger partial charge in [-0.25, -0.2) is 0 Å². The molecule has 2 fully saturated rings. The van der Waals surface area contributed by atoms with Gasteiger partial charge in [-0.1, -0.05) is 6.08 Å². The minimum Gasteiger partial charge on any atom is -0.370 e. The molecule has 0 aromatic rings. The van der Waals surface area contributed by atoms with Gasteiger partial charge in [-0.2, -0.15) is 0 Å². The van der Waals surface area contributed by atoms with E-state index in [4.69, 9.17) is 14.2 Å². The van der Waals surface area contributed by atoms with Crippen LogP contribution in [0.5, 0.6) is 0 Å². The fourth-order valence-electron chi connectivity index (χ4n) is 3.14. The predicted octanol–water partition coefficient (Wildman–Crippen LogP) is 2.02. The Bertz CT molecular complexity index is 312. The Kier molecular flexibility index (Phi) is 2.00. The fraction of sp³-hybridized carbons (Fsp3) is 0.833. The summed E-state index contributed by atoms with van der Waals surface area (Å²) >= 11 is 0. The Balaban J connectivity index is 1.96. The molecule has 1 spiro atoms. The number of allylic oxidation sites excluding steroid dienone is 1. The van der Waals surface area contributed by atoms with Crippen molar-refractivity contribution in [1.29, 1.82) is 0 Å². The number of hydrogen-bond donors (Lipinski definition) is 0. The van der Waals surface area contributed by atoms with E-state index in [0.717, 1.165) is 19.4 Å². The Morgan fingerprint density at radius 3 is 3.20 bits per heavy atom. The van der Waals surface area contributed by atoms with Crippen molar-refractivity contribution in [3.63, 3.8) is 0 Å². The van der Waals surface area contributed by atoms with E-state index < -0.39 is 5.79 Å². The summed E-state index contributed by atoms with van der Waals surface area (Å²) in [6.07, 6.45) is 6.80. The maximum atomic E-state index is 6.20. The summed E-state index contributed by atoms with van der Waals surface area (Å²) in [6, 6.07) is 0. The Hall–Kier alpha value is -0.380. The minimum absolute atomic E-state index is 0.150. The van der Waals surface area contributed by atoms with E-state index in [1.807, 2.05) is 6.92 Å². The molecular weight excluding hydrogens is 192 g/mol. The Morgan fingerprint density at radius 1 is 1.53 bits per heavy atom. The molecule has 3 heteroatoms. The summed E-state index contributed by atoms with van der Waals surface area (Å²) in [5, 5.41) is 0. The summed E-state index contributed by atoms with van der Waals surface area (Å²) in [4.78, 5) is 0. The summed E-state index contributed by atoms with van der Waals surface area (Å²) in [5.41, 5.74) is 1.20. The van der Waals surface area contributed by atoms with Crippen molar-refractivity contribution in [1.82, 2.24) is 0 Å². The highest BCUT2D eigenvalue weighted by atomic mass is 16.7. The second-order valence-corrected chi connectivity index (χ2v) is 4.95. The lowest BCUT2D eigenvalue weighted by molar-refractivity contribution is -0.221. The number of rotatable bonds is 1. The summed E-state index contributed by atoms with van der Waals surface area (Å²) in [6.45, 7) is 2.76. The molecule has 3 aliphatic rings. The molecule has 0 radical (unpaired) electrons. The molecule has 1 aliphatic carbocycles. The summed E-state index contributed by atoms with van der Waals surface area (Å²) in [5.74, 6) is -0.457. The van der Waals surface area contributed by atoms with Gasteiger partial charge in [0, 0.05) is 13.5 Å². The number of hydrogen-bond acceptors (Lipinski definition) is 3. The second-order valence-electron chi connectivity index (χ2n) is 4.95. The first-order chi connectivity index (χ1) is 7.19. The standard InChI is InChI=1S/C12H18O3/c1-11(13-2)7-10-12(15-11)6-4-3-5-9(12)8-14-10/h5,10H,3-4,6-8H2,1-2H3/t10?,11-,12-/m0/s1. The maximum absolute atomic E-state index is 6.20. The van der Waals surface area contributed by atoms with Gasteiger partial charge in [0.25, 0.3) is 0 Å². The van der Waals surface area contributed by atoms with Crippen LogP contribution in [0.2, 0.25) is 0 Å².